The molecule has 0 saturated carbocycles. The molecule has 42 heavy (non-hydrogen) atoms. The minimum absolute atomic E-state index is 0.000345. The van der Waals surface area contributed by atoms with Crippen LogP contribution in [0, 0.1) is 6.92 Å². The SMILES string of the molecule is COc1cc2nccc(Oc3cc(NC(=O)Nc4ccc(NC5CCN(C(=O)CCl)C5)cc4)ccc3C)c2cc1OC. The molecule has 11 heteroatoms. The molecule has 1 aromatic heterocycles. The van der Waals surface area contributed by atoms with Gasteiger partial charge in [0.05, 0.1) is 19.7 Å². The van der Waals surface area contributed by atoms with Gasteiger partial charge in [-0.3, -0.25) is 9.78 Å². The average Bonchev–Trinajstić information content (AvgIpc) is 3.47. The number of anilines is 3. The van der Waals surface area contributed by atoms with Gasteiger partial charge in [0.2, 0.25) is 5.91 Å². The first-order valence-electron chi connectivity index (χ1n) is 13.4. The van der Waals surface area contributed by atoms with Crippen LogP contribution < -0.4 is 30.2 Å². The molecule has 10 nitrogen and oxygen atoms in total. The second-order valence-corrected chi connectivity index (χ2v) is 10.1. The molecule has 5 rings (SSSR count). The fourth-order valence-corrected chi connectivity index (χ4v) is 4.98. The molecule has 0 radical (unpaired) electrons. The van der Waals surface area contributed by atoms with Crippen LogP contribution in [0.4, 0.5) is 21.9 Å². The van der Waals surface area contributed by atoms with Gasteiger partial charge in [0.15, 0.2) is 11.5 Å². The molecule has 218 valence electrons. The Labute approximate surface area is 248 Å². The first-order valence-corrected chi connectivity index (χ1v) is 14.0. The first-order chi connectivity index (χ1) is 20.4. The van der Waals surface area contributed by atoms with Crippen LogP contribution in [-0.2, 0) is 4.79 Å². The zero-order valence-electron chi connectivity index (χ0n) is 23.6. The molecule has 1 atom stereocenters. The van der Waals surface area contributed by atoms with Crippen molar-refractivity contribution in [1.29, 1.82) is 0 Å². The van der Waals surface area contributed by atoms with Crippen molar-refractivity contribution in [3.63, 3.8) is 0 Å². The zero-order chi connectivity index (χ0) is 29.6. The molecule has 1 saturated heterocycles. The molecule has 3 amide bonds. The number of urea groups is 1. The number of nitrogens with one attached hydrogen (secondary N) is 3. The van der Waals surface area contributed by atoms with Gasteiger partial charge in [-0.1, -0.05) is 6.07 Å². The number of ether oxygens (including phenoxy) is 3. The number of carbonyl (C=O) groups excluding carboxylic acids is 2. The lowest BCUT2D eigenvalue weighted by atomic mass is 10.1. The molecule has 2 heterocycles. The maximum absolute atomic E-state index is 12.8. The van der Waals surface area contributed by atoms with Gasteiger partial charge < -0.3 is 35.1 Å². The summed E-state index contributed by atoms with van der Waals surface area (Å²) in [6, 6.07) is 18.1. The molecule has 1 aliphatic heterocycles. The van der Waals surface area contributed by atoms with Crippen LogP contribution in [0.1, 0.15) is 12.0 Å². The van der Waals surface area contributed by atoms with Crippen molar-refractivity contribution >= 4 is 51.5 Å². The van der Waals surface area contributed by atoms with E-state index < -0.39 is 0 Å². The highest BCUT2D eigenvalue weighted by Crippen LogP contribution is 2.38. The average molecular weight is 590 g/mol. The van der Waals surface area contributed by atoms with Gasteiger partial charge >= 0.3 is 6.03 Å². The number of methoxy groups -OCH3 is 2. The maximum atomic E-state index is 12.8. The third kappa shape index (κ3) is 6.60. The minimum Gasteiger partial charge on any atom is -0.493 e. The van der Waals surface area contributed by atoms with Crippen molar-refractivity contribution in [3.05, 3.63) is 72.4 Å². The Kier molecular flexibility index (Phi) is 8.83. The van der Waals surface area contributed by atoms with Crippen LogP contribution in [0.5, 0.6) is 23.0 Å². The Balaban J connectivity index is 1.22. The summed E-state index contributed by atoms with van der Waals surface area (Å²) in [6.45, 7) is 3.25. The van der Waals surface area contributed by atoms with Gasteiger partial charge in [0.25, 0.3) is 0 Å². The lowest BCUT2D eigenvalue weighted by molar-refractivity contribution is -0.127. The predicted molar refractivity (Wildman–Crippen MR) is 165 cm³/mol. The van der Waals surface area contributed by atoms with E-state index in [1.807, 2.05) is 49.4 Å². The van der Waals surface area contributed by atoms with Crippen LogP contribution in [0.25, 0.3) is 10.9 Å². The van der Waals surface area contributed by atoms with Gasteiger partial charge in [-0.05, 0) is 61.4 Å². The minimum atomic E-state index is -0.386. The first kappa shape index (κ1) is 28.8. The molecule has 1 fully saturated rings. The van der Waals surface area contributed by atoms with E-state index in [0.29, 0.717) is 53.0 Å². The smallest absolute Gasteiger partial charge is 0.323 e. The predicted octanol–water partition coefficient (Wildman–Crippen LogP) is 6.25. The molecule has 1 unspecified atom stereocenters. The maximum Gasteiger partial charge on any atom is 0.323 e. The number of hydrogen-bond acceptors (Lipinski definition) is 7. The number of hydrogen-bond donors (Lipinski definition) is 3. The van der Waals surface area contributed by atoms with Crippen LogP contribution >= 0.6 is 11.6 Å². The zero-order valence-corrected chi connectivity index (χ0v) is 24.3. The van der Waals surface area contributed by atoms with E-state index in [1.165, 1.54) is 0 Å². The van der Waals surface area contributed by atoms with Gasteiger partial charge in [-0.15, -0.1) is 11.6 Å². The van der Waals surface area contributed by atoms with Crippen molar-refractivity contribution < 1.29 is 23.8 Å². The van der Waals surface area contributed by atoms with E-state index in [9.17, 15) is 9.59 Å². The number of aromatic nitrogens is 1. The fourth-order valence-electron chi connectivity index (χ4n) is 4.81. The summed E-state index contributed by atoms with van der Waals surface area (Å²) in [7, 11) is 3.15. The summed E-state index contributed by atoms with van der Waals surface area (Å²) in [5.74, 6) is 2.28. The summed E-state index contributed by atoms with van der Waals surface area (Å²) in [6.07, 6.45) is 2.52. The third-order valence-electron chi connectivity index (χ3n) is 7.04. The summed E-state index contributed by atoms with van der Waals surface area (Å²) < 4.78 is 17.1. The fraction of sp³-hybridized carbons (Fsp3) is 0.258. The number of likely N-dealkylation sites (tertiary alicyclic amines) is 1. The van der Waals surface area contributed by atoms with Crippen LogP contribution in [0.15, 0.2) is 66.9 Å². The third-order valence-corrected chi connectivity index (χ3v) is 7.27. The number of aryl methyl sites for hydroxylation is 1. The molecular weight excluding hydrogens is 558 g/mol. The lowest BCUT2D eigenvalue weighted by Gasteiger charge is -2.17. The number of halogens is 1. The van der Waals surface area contributed by atoms with Gasteiger partial charge in [0, 0.05) is 59.9 Å². The van der Waals surface area contributed by atoms with E-state index in [1.54, 1.807) is 43.5 Å². The second-order valence-electron chi connectivity index (χ2n) is 9.88. The van der Waals surface area contributed by atoms with E-state index in [0.717, 1.165) is 23.1 Å². The second kappa shape index (κ2) is 12.9. The number of rotatable bonds is 9. The molecule has 1 aliphatic rings. The van der Waals surface area contributed by atoms with Gasteiger partial charge in [-0.2, -0.15) is 0 Å². The molecule has 3 aromatic carbocycles. The van der Waals surface area contributed by atoms with E-state index in [2.05, 4.69) is 20.9 Å². The van der Waals surface area contributed by atoms with Crippen molar-refractivity contribution in [1.82, 2.24) is 9.88 Å². The summed E-state index contributed by atoms with van der Waals surface area (Å²) in [5, 5.41) is 9.91. The summed E-state index contributed by atoms with van der Waals surface area (Å²) in [4.78, 5) is 30.8. The Morgan fingerprint density at radius 3 is 2.33 bits per heavy atom. The van der Waals surface area contributed by atoms with E-state index in [4.69, 9.17) is 25.8 Å². The molecule has 3 N–H and O–H groups in total. The number of benzene rings is 3. The van der Waals surface area contributed by atoms with Crippen molar-refractivity contribution in [2.45, 2.75) is 19.4 Å². The Morgan fingerprint density at radius 2 is 1.60 bits per heavy atom. The lowest BCUT2D eigenvalue weighted by Crippen LogP contribution is -2.32. The Hall–Kier alpha value is -4.70. The number of amides is 3. The van der Waals surface area contributed by atoms with Crippen molar-refractivity contribution in [2.24, 2.45) is 0 Å². The monoisotopic (exact) mass is 589 g/mol. The topological polar surface area (TPSA) is 114 Å². The highest BCUT2D eigenvalue weighted by atomic mass is 35.5. The van der Waals surface area contributed by atoms with Gasteiger partial charge in [0.1, 0.15) is 17.4 Å². The highest BCUT2D eigenvalue weighted by molar-refractivity contribution is 6.27. The Morgan fingerprint density at radius 1 is 0.905 bits per heavy atom. The van der Waals surface area contributed by atoms with Crippen molar-refractivity contribution in [2.75, 3.05) is 49.1 Å². The Bertz CT molecular complexity index is 1600. The number of alkyl halides is 1. The van der Waals surface area contributed by atoms with Crippen LogP contribution in [-0.4, -0.2) is 61.1 Å². The highest BCUT2D eigenvalue weighted by Gasteiger charge is 2.25. The normalized spacial score (nSPS) is 14.4. The molecule has 0 bridgehead atoms. The largest absolute Gasteiger partial charge is 0.493 e. The van der Waals surface area contributed by atoms with Crippen molar-refractivity contribution in [3.8, 4) is 23.0 Å². The summed E-state index contributed by atoms with van der Waals surface area (Å²) >= 11 is 5.67. The summed E-state index contributed by atoms with van der Waals surface area (Å²) in [5.41, 5.74) is 3.71. The standard InChI is InChI=1S/C31H32ClN5O5/c1-19-4-5-22(14-27(19)42-26-10-12-33-25-16-29(41-3)28(40-2)15-24(25)26)36-31(39)35-21-8-6-20(7-9-21)34-23-11-13-37(18-23)30(38)17-32/h4-10,12,14-16,23,34H,11,13,17-18H2,1-3H3,(H2,35,36,39). The number of pyridine rings is 1. The van der Waals surface area contributed by atoms with Crippen LogP contribution in [0.2, 0.25) is 0 Å². The number of carbonyl (C=O) groups is 2. The number of nitrogens with zero attached hydrogens (tertiary/aromatic N) is 2. The van der Waals surface area contributed by atoms with E-state index >= 15 is 0 Å². The number of fused-ring (bicyclic) bond motifs is 1. The quantitative estimate of drug-likeness (QED) is 0.198. The van der Waals surface area contributed by atoms with E-state index in [-0.39, 0.29) is 23.9 Å². The molecule has 0 aliphatic carbocycles. The van der Waals surface area contributed by atoms with Gasteiger partial charge in [-0.25, -0.2) is 4.79 Å². The molecular formula is C31H32ClN5O5. The van der Waals surface area contributed by atoms with Crippen LogP contribution in [0.3, 0.4) is 0 Å². The molecule has 4 aromatic rings. The molecule has 0 spiro atoms.